The van der Waals surface area contributed by atoms with Gasteiger partial charge in [0.2, 0.25) is 0 Å². The monoisotopic (exact) mass is 351 g/mol. The Morgan fingerprint density at radius 1 is 1.56 bits per heavy atom. The standard InChI is InChI=1S/C11H11ClINO2/c12-7-3-4-9(8(13)5-7)14-10(11(15)16)6-1-2-6/h3-6,10,14H,1-2H2,(H,15,16). The summed E-state index contributed by atoms with van der Waals surface area (Å²) >= 11 is 7.99. The summed E-state index contributed by atoms with van der Waals surface area (Å²) in [5, 5.41) is 12.8. The van der Waals surface area contributed by atoms with E-state index in [1.165, 1.54) is 0 Å². The highest BCUT2D eigenvalue weighted by Crippen LogP contribution is 2.35. The van der Waals surface area contributed by atoms with Crippen LogP contribution in [0.2, 0.25) is 5.02 Å². The van der Waals surface area contributed by atoms with Gasteiger partial charge in [-0.3, -0.25) is 0 Å². The van der Waals surface area contributed by atoms with Gasteiger partial charge >= 0.3 is 5.97 Å². The average molecular weight is 352 g/mol. The Hall–Kier alpha value is -0.490. The van der Waals surface area contributed by atoms with Crippen LogP contribution >= 0.6 is 34.2 Å². The summed E-state index contributed by atoms with van der Waals surface area (Å²) in [5.74, 6) is -0.516. The van der Waals surface area contributed by atoms with Crippen LogP contribution in [0.5, 0.6) is 0 Å². The predicted molar refractivity (Wildman–Crippen MR) is 71.9 cm³/mol. The molecule has 0 bridgehead atoms. The lowest BCUT2D eigenvalue weighted by molar-refractivity contribution is -0.138. The highest BCUT2D eigenvalue weighted by molar-refractivity contribution is 14.1. The summed E-state index contributed by atoms with van der Waals surface area (Å²) in [4.78, 5) is 11.1. The highest BCUT2D eigenvalue weighted by Gasteiger charge is 2.36. The first-order valence-corrected chi connectivity index (χ1v) is 6.48. The Balaban J connectivity index is 2.15. The van der Waals surface area contributed by atoms with Gasteiger partial charge in [-0.15, -0.1) is 0 Å². The third-order valence-electron chi connectivity index (χ3n) is 2.60. The van der Waals surface area contributed by atoms with E-state index in [9.17, 15) is 4.79 Å². The minimum atomic E-state index is -0.784. The summed E-state index contributed by atoms with van der Waals surface area (Å²) in [7, 11) is 0. The van der Waals surface area contributed by atoms with Crippen molar-refractivity contribution in [3.63, 3.8) is 0 Å². The maximum atomic E-state index is 11.1. The van der Waals surface area contributed by atoms with Crippen LogP contribution in [0.1, 0.15) is 12.8 Å². The van der Waals surface area contributed by atoms with Gasteiger partial charge in [0.05, 0.1) is 0 Å². The van der Waals surface area contributed by atoms with Crippen LogP contribution in [0.25, 0.3) is 0 Å². The van der Waals surface area contributed by atoms with E-state index in [4.69, 9.17) is 16.7 Å². The van der Waals surface area contributed by atoms with Gasteiger partial charge in [0.15, 0.2) is 0 Å². The Kier molecular flexibility index (Phi) is 3.59. The molecule has 0 saturated heterocycles. The number of halogens is 2. The summed E-state index contributed by atoms with van der Waals surface area (Å²) in [5.41, 5.74) is 0.837. The molecule has 1 aliphatic rings. The fourth-order valence-electron chi connectivity index (χ4n) is 1.58. The molecule has 0 heterocycles. The first-order chi connectivity index (χ1) is 7.58. The minimum Gasteiger partial charge on any atom is -0.480 e. The topological polar surface area (TPSA) is 49.3 Å². The van der Waals surface area contributed by atoms with Crippen LogP contribution in [0.4, 0.5) is 5.69 Å². The number of nitrogens with one attached hydrogen (secondary N) is 1. The molecule has 16 heavy (non-hydrogen) atoms. The molecule has 1 aliphatic carbocycles. The predicted octanol–water partition coefficient (Wildman–Crippen LogP) is 3.22. The van der Waals surface area contributed by atoms with Gasteiger partial charge in [-0.25, -0.2) is 4.79 Å². The van der Waals surface area contributed by atoms with Crippen molar-refractivity contribution in [2.45, 2.75) is 18.9 Å². The SMILES string of the molecule is O=C(O)C(Nc1ccc(Cl)cc1I)C1CC1. The molecule has 0 aromatic heterocycles. The van der Waals surface area contributed by atoms with Crippen molar-refractivity contribution < 1.29 is 9.90 Å². The number of rotatable bonds is 4. The number of hydrogen-bond donors (Lipinski definition) is 2. The summed E-state index contributed by atoms with van der Waals surface area (Å²) in [6.07, 6.45) is 1.99. The van der Waals surface area contributed by atoms with Crippen molar-refractivity contribution in [1.82, 2.24) is 0 Å². The fraction of sp³-hybridized carbons (Fsp3) is 0.364. The number of anilines is 1. The molecule has 1 aromatic carbocycles. The molecule has 0 aliphatic heterocycles. The normalized spacial score (nSPS) is 16.9. The van der Waals surface area contributed by atoms with Crippen molar-refractivity contribution in [3.8, 4) is 0 Å². The first kappa shape index (κ1) is 12.0. The molecule has 1 unspecified atom stereocenters. The maximum absolute atomic E-state index is 11.1. The molecule has 2 N–H and O–H groups in total. The van der Waals surface area contributed by atoms with E-state index in [-0.39, 0.29) is 5.92 Å². The van der Waals surface area contributed by atoms with Crippen LogP contribution in [0.3, 0.4) is 0 Å². The van der Waals surface area contributed by atoms with Gasteiger partial charge in [0.25, 0.3) is 0 Å². The molecule has 0 amide bonds. The number of benzene rings is 1. The Morgan fingerprint density at radius 3 is 2.75 bits per heavy atom. The molecule has 0 radical (unpaired) electrons. The van der Waals surface area contributed by atoms with Crippen molar-refractivity contribution in [2.75, 3.05) is 5.32 Å². The van der Waals surface area contributed by atoms with E-state index in [2.05, 4.69) is 27.9 Å². The Labute approximate surface area is 112 Å². The molecular weight excluding hydrogens is 340 g/mol. The molecule has 5 heteroatoms. The molecule has 86 valence electrons. The van der Waals surface area contributed by atoms with Crippen LogP contribution in [-0.4, -0.2) is 17.1 Å². The van der Waals surface area contributed by atoms with E-state index in [0.717, 1.165) is 22.1 Å². The summed E-state index contributed by atoms with van der Waals surface area (Å²) in [6.45, 7) is 0. The lowest BCUT2D eigenvalue weighted by Crippen LogP contribution is -2.31. The van der Waals surface area contributed by atoms with Crippen molar-refractivity contribution in [3.05, 3.63) is 26.8 Å². The molecule has 1 aromatic rings. The Bertz CT molecular complexity index is 420. The molecule has 3 nitrogen and oxygen atoms in total. The lowest BCUT2D eigenvalue weighted by atomic mass is 10.1. The van der Waals surface area contributed by atoms with Crippen molar-refractivity contribution in [1.29, 1.82) is 0 Å². The second-order valence-corrected chi connectivity index (χ2v) is 5.52. The number of carbonyl (C=O) groups is 1. The number of aliphatic carboxylic acids is 1. The van der Waals surface area contributed by atoms with E-state index >= 15 is 0 Å². The van der Waals surface area contributed by atoms with Crippen LogP contribution in [0.15, 0.2) is 18.2 Å². The van der Waals surface area contributed by atoms with E-state index < -0.39 is 12.0 Å². The van der Waals surface area contributed by atoms with E-state index in [0.29, 0.717) is 5.02 Å². The maximum Gasteiger partial charge on any atom is 0.326 e. The quantitative estimate of drug-likeness (QED) is 0.819. The molecular formula is C11H11ClINO2. The fourth-order valence-corrected chi connectivity index (χ4v) is 2.61. The third-order valence-corrected chi connectivity index (χ3v) is 3.73. The number of carboxylic acids is 1. The number of carboxylic acid groups (broad SMARTS) is 1. The lowest BCUT2D eigenvalue weighted by Gasteiger charge is -2.16. The largest absolute Gasteiger partial charge is 0.480 e. The van der Waals surface area contributed by atoms with Crippen molar-refractivity contribution in [2.24, 2.45) is 5.92 Å². The van der Waals surface area contributed by atoms with Crippen LogP contribution < -0.4 is 5.32 Å². The summed E-state index contributed by atoms with van der Waals surface area (Å²) < 4.78 is 0.942. The molecule has 1 saturated carbocycles. The molecule has 1 atom stereocenters. The third kappa shape index (κ3) is 2.79. The first-order valence-electron chi connectivity index (χ1n) is 5.02. The van der Waals surface area contributed by atoms with E-state index in [1.54, 1.807) is 6.07 Å². The van der Waals surface area contributed by atoms with Gasteiger partial charge in [-0.05, 0) is 59.5 Å². The second-order valence-electron chi connectivity index (χ2n) is 3.92. The van der Waals surface area contributed by atoms with Crippen LogP contribution in [-0.2, 0) is 4.79 Å². The van der Waals surface area contributed by atoms with Gasteiger partial charge in [0.1, 0.15) is 6.04 Å². The molecule has 0 spiro atoms. The zero-order valence-corrected chi connectivity index (χ0v) is 11.3. The number of hydrogen-bond acceptors (Lipinski definition) is 2. The van der Waals surface area contributed by atoms with Gasteiger partial charge in [-0.1, -0.05) is 11.6 Å². The molecule has 2 rings (SSSR count). The second kappa shape index (κ2) is 4.79. The van der Waals surface area contributed by atoms with Gasteiger partial charge in [-0.2, -0.15) is 0 Å². The highest BCUT2D eigenvalue weighted by atomic mass is 127. The van der Waals surface area contributed by atoms with Gasteiger partial charge in [0, 0.05) is 14.3 Å². The molecule has 1 fully saturated rings. The zero-order chi connectivity index (χ0) is 11.7. The minimum absolute atomic E-state index is 0.268. The van der Waals surface area contributed by atoms with Crippen molar-refractivity contribution >= 4 is 45.8 Å². The smallest absolute Gasteiger partial charge is 0.326 e. The van der Waals surface area contributed by atoms with E-state index in [1.807, 2.05) is 12.1 Å². The average Bonchev–Trinajstić information content (AvgIpc) is 2.99. The Morgan fingerprint density at radius 2 is 2.25 bits per heavy atom. The van der Waals surface area contributed by atoms with Crippen LogP contribution in [0, 0.1) is 9.49 Å². The summed E-state index contributed by atoms with van der Waals surface area (Å²) in [6, 6.07) is 4.92. The zero-order valence-electron chi connectivity index (χ0n) is 8.41. The van der Waals surface area contributed by atoms with Gasteiger partial charge < -0.3 is 10.4 Å².